The lowest BCUT2D eigenvalue weighted by molar-refractivity contribution is 0.300. The van der Waals surface area contributed by atoms with E-state index in [4.69, 9.17) is 4.74 Å². The standard InChI is InChI=1S/C19H32O2/c1-4-6-8-9-10-11-13-21-19-15-17(12-7-5-2)14-18(20)16(19)3/h14-15,20H,4-13H2,1-3H3. The van der Waals surface area contributed by atoms with Crippen molar-refractivity contribution in [1.29, 1.82) is 0 Å². The number of aryl methyl sites for hydroxylation is 1. The highest BCUT2D eigenvalue weighted by atomic mass is 16.5. The lowest BCUT2D eigenvalue weighted by atomic mass is 10.0. The van der Waals surface area contributed by atoms with Crippen molar-refractivity contribution in [2.75, 3.05) is 6.61 Å². The SMILES string of the molecule is CCCCCCCCOc1cc(CCCC)cc(O)c1C. The molecule has 0 bridgehead atoms. The number of phenols is 1. The summed E-state index contributed by atoms with van der Waals surface area (Å²) in [7, 11) is 0. The molecule has 1 N–H and O–H groups in total. The van der Waals surface area contributed by atoms with E-state index in [1.165, 1.54) is 44.1 Å². The van der Waals surface area contributed by atoms with Gasteiger partial charge in [-0.1, -0.05) is 52.4 Å². The Morgan fingerprint density at radius 1 is 0.905 bits per heavy atom. The molecule has 2 nitrogen and oxygen atoms in total. The van der Waals surface area contributed by atoms with Gasteiger partial charge in [0.2, 0.25) is 0 Å². The van der Waals surface area contributed by atoms with Crippen LogP contribution >= 0.6 is 0 Å². The first-order chi connectivity index (χ1) is 10.2. The Bertz CT molecular complexity index is 399. The topological polar surface area (TPSA) is 29.5 Å². The van der Waals surface area contributed by atoms with Crippen molar-refractivity contribution in [2.24, 2.45) is 0 Å². The fourth-order valence-corrected chi connectivity index (χ4v) is 2.47. The molecule has 0 atom stereocenters. The Morgan fingerprint density at radius 3 is 2.29 bits per heavy atom. The van der Waals surface area contributed by atoms with Crippen LogP contribution in [0.5, 0.6) is 11.5 Å². The van der Waals surface area contributed by atoms with Crippen LogP contribution < -0.4 is 4.74 Å². The summed E-state index contributed by atoms with van der Waals surface area (Å²) < 4.78 is 5.88. The molecule has 0 amide bonds. The second-order valence-electron chi connectivity index (χ2n) is 5.96. The molecule has 0 saturated carbocycles. The number of unbranched alkanes of at least 4 members (excludes halogenated alkanes) is 6. The molecule has 0 unspecified atom stereocenters. The fraction of sp³-hybridized carbons (Fsp3) is 0.684. The van der Waals surface area contributed by atoms with Crippen molar-refractivity contribution in [3.05, 3.63) is 23.3 Å². The Balaban J connectivity index is 2.40. The van der Waals surface area contributed by atoms with E-state index in [0.29, 0.717) is 5.75 Å². The first-order valence-corrected chi connectivity index (χ1v) is 8.64. The van der Waals surface area contributed by atoms with Gasteiger partial charge in [-0.2, -0.15) is 0 Å². The molecule has 0 radical (unpaired) electrons. The summed E-state index contributed by atoms with van der Waals surface area (Å²) in [4.78, 5) is 0. The van der Waals surface area contributed by atoms with Gasteiger partial charge >= 0.3 is 0 Å². The molecule has 0 spiro atoms. The van der Waals surface area contributed by atoms with Gasteiger partial charge in [0.05, 0.1) is 6.61 Å². The Kier molecular flexibility index (Phi) is 8.96. The molecule has 0 aromatic heterocycles. The molecular formula is C19H32O2. The molecule has 120 valence electrons. The smallest absolute Gasteiger partial charge is 0.126 e. The Labute approximate surface area is 130 Å². The first-order valence-electron chi connectivity index (χ1n) is 8.64. The van der Waals surface area contributed by atoms with Crippen LogP contribution in [-0.4, -0.2) is 11.7 Å². The molecule has 2 heteroatoms. The summed E-state index contributed by atoms with van der Waals surface area (Å²) in [6.07, 6.45) is 10.9. The lowest BCUT2D eigenvalue weighted by Gasteiger charge is -2.12. The number of ether oxygens (including phenoxy) is 1. The van der Waals surface area contributed by atoms with Gasteiger partial charge in [0, 0.05) is 5.56 Å². The van der Waals surface area contributed by atoms with Crippen LogP contribution in [0.1, 0.15) is 76.3 Å². The van der Waals surface area contributed by atoms with Gasteiger partial charge in [0.1, 0.15) is 11.5 Å². The number of hydrogen-bond acceptors (Lipinski definition) is 2. The summed E-state index contributed by atoms with van der Waals surface area (Å²) in [5.41, 5.74) is 2.04. The number of hydrogen-bond donors (Lipinski definition) is 1. The molecule has 0 heterocycles. The second kappa shape index (κ2) is 10.5. The van der Waals surface area contributed by atoms with Crippen LogP contribution in [0, 0.1) is 6.92 Å². The third-order valence-electron chi connectivity index (χ3n) is 3.97. The number of aromatic hydroxyl groups is 1. The van der Waals surface area contributed by atoms with Crippen molar-refractivity contribution in [2.45, 2.75) is 78.6 Å². The van der Waals surface area contributed by atoms with Crippen molar-refractivity contribution >= 4 is 0 Å². The highest BCUT2D eigenvalue weighted by Crippen LogP contribution is 2.29. The predicted molar refractivity (Wildman–Crippen MR) is 90.3 cm³/mol. The molecule has 1 aromatic carbocycles. The van der Waals surface area contributed by atoms with Gasteiger partial charge in [-0.05, 0) is 43.9 Å². The van der Waals surface area contributed by atoms with Gasteiger partial charge in [0.15, 0.2) is 0 Å². The molecular weight excluding hydrogens is 260 g/mol. The van der Waals surface area contributed by atoms with Gasteiger partial charge < -0.3 is 9.84 Å². The third kappa shape index (κ3) is 6.88. The molecule has 21 heavy (non-hydrogen) atoms. The maximum atomic E-state index is 10.0. The maximum Gasteiger partial charge on any atom is 0.126 e. The number of benzene rings is 1. The van der Waals surface area contributed by atoms with E-state index in [1.54, 1.807) is 0 Å². The lowest BCUT2D eigenvalue weighted by Crippen LogP contribution is -2.00. The zero-order valence-corrected chi connectivity index (χ0v) is 14.1. The summed E-state index contributed by atoms with van der Waals surface area (Å²) in [5.74, 6) is 1.22. The van der Waals surface area contributed by atoms with Crippen LogP contribution in [0.3, 0.4) is 0 Å². The molecule has 0 aliphatic heterocycles. The van der Waals surface area contributed by atoms with Crippen molar-refractivity contribution in [3.63, 3.8) is 0 Å². The third-order valence-corrected chi connectivity index (χ3v) is 3.97. The van der Waals surface area contributed by atoms with E-state index in [2.05, 4.69) is 19.9 Å². The van der Waals surface area contributed by atoms with Crippen LogP contribution in [0.15, 0.2) is 12.1 Å². The van der Waals surface area contributed by atoms with E-state index < -0.39 is 0 Å². The van der Waals surface area contributed by atoms with Gasteiger partial charge in [-0.15, -0.1) is 0 Å². The van der Waals surface area contributed by atoms with Crippen molar-refractivity contribution in [3.8, 4) is 11.5 Å². The van der Waals surface area contributed by atoms with E-state index in [-0.39, 0.29) is 0 Å². The largest absolute Gasteiger partial charge is 0.508 e. The van der Waals surface area contributed by atoms with Gasteiger partial charge in [-0.25, -0.2) is 0 Å². The highest BCUT2D eigenvalue weighted by Gasteiger charge is 2.07. The van der Waals surface area contributed by atoms with Gasteiger partial charge in [-0.3, -0.25) is 0 Å². The molecule has 0 aliphatic rings. The monoisotopic (exact) mass is 292 g/mol. The predicted octanol–water partition coefficient (Wildman–Crippen LogP) is 5.78. The minimum Gasteiger partial charge on any atom is -0.508 e. The first kappa shape index (κ1) is 17.9. The van der Waals surface area contributed by atoms with Crippen LogP contribution in [-0.2, 0) is 6.42 Å². The average Bonchev–Trinajstić information content (AvgIpc) is 2.48. The highest BCUT2D eigenvalue weighted by molar-refractivity contribution is 5.46. The quantitative estimate of drug-likeness (QED) is 0.524. The van der Waals surface area contributed by atoms with E-state index in [9.17, 15) is 5.11 Å². The van der Waals surface area contributed by atoms with E-state index in [0.717, 1.165) is 37.2 Å². The summed E-state index contributed by atoms with van der Waals surface area (Å²) >= 11 is 0. The average molecular weight is 292 g/mol. The van der Waals surface area contributed by atoms with Crippen LogP contribution in [0.4, 0.5) is 0 Å². The fourth-order valence-electron chi connectivity index (χ4n) is 2.47. The maximum absolute atomic E-state index is 10.0. The molecule has 0 saturated heterocycles. The second-order valence-corrected chi connectivity index (χ2v) is 5.96. The van der Waals surface area contributed by atoms with Crippen LogP contribution in [0.25, 0.3) is 0 Å². The normalized spacial score (nSPS) is 10.8. The number of rotatable bonds is 11. The molecule has 0 aliphatic carbocycles. The minimum absolute atomic E-state index is 0.363. The molecule has 1 rings (SSSR count). The van der Waals surface area contributed by atoms with E-state index in [1.807, 2.05) is 13.0 Å². The van der Waals surface area contributed by atoms with Crippen LogP contribution in [0.2, 0.25) is 0 Å². The zero-order chi connectivity index (χ0) is 15.5. The van der Waals surface area contributed by atoms with Gasteiger partial charge in [0.25, 0.3) is 0 Å². The Hall–Kier alpha value is -1.18. The minimum atomic E-state index is 0.363. The number of phenolic OH excluding ortho intramolecular Hbond substituents is 1. The molecule has 1 aromatic rings. The van der Waals surface area contributed by atoms with Crippen molar-refractivity contribution in [1.82, 2.24) is 0 Å². The Morgan fingerprint density at radius 2 is 1.57 bits per heavy atom. The van der Waals surface area contributed by atoms with E-state index >= 15 is 0 Å². The molecule has 0 fully saturated rings. The summed E-state index contributed by atoms with van der Waals surface area (Å²) in [6, 6.07) is 3.98. The zero-order valence-electron chi connectivity index (χ0n) is 14.1. The summed E-state index contributed by atoms with van der Waals surface area (Å²) in [6.45, 7) is 7.10. The van der Waals surface area contributed by atoms with Crippen molar-refractivity contribution < 1.29 is 9.84 Å². The summed E-state index contributed by atoms with van der Waals surface area (Å²) in [5, 5.41) is 10.0.